The SMILES string of the molecule is C[C]1[C](C)[C](C)[C](CN(C)c2ccccc2)[C]1C.[Ir].c1ccc(OP(Oc2ccccc2)Oc2ccccc2)cc1.c1ccc(OP(Oc2ccccc2)Oc2ccccc2)cc1. The molecule has 0 heterocycles. The molecule has 1 aliphatic carbocycles. The van der Waals surface area contributed by atoms with E-state index in [0.717, 1.165) is 6.54 Å². The van der Waals surface area contributed by atoms with Crippen LogP contribution in [0.5, 0.6) is 34.5 Å². The molecule has 324 valence electrons. The van der Waals surface area contributed by atoms with E-state index in [9.17, 15) is 0 Å². The summed E-state index contributed by atoms with van der Waals surface area (Å²) in [5.74, 6) is 11.5. The molecule has 0 unspecified atom stereocenters. The number of rotatable bonds is 15. The van der Waals surface area contributed by atoms with Crippen molar-refractivity contribution in [2.45, 2.75) is 27.7 Å². The van der Waals surface area contributed by atoms with Crippen LogP contribution in [0.4, 0.5) is 5.69 Å². The van der Waals surface area contributed by atoms with Crippen LogP contribution in [-0.2, 0) is 20.1 Å². The van der Waals surface area contributed by atoms with Crippen molar-refractivity contribution in [2.75, 3.05) is 18.5 Å². The molecular weight excluding hydrogens is 1000 g/mol. The zero-order valence-corrected chi connectivity index (χ0v) is 40.2. The third-order valence-electron chi connectivity index (χ3n) is 9.72. The fourth-order valence-electron chi connectivity index (χ4n) is 6.06. The molecule has 7 aromatic rings. The second-order valence-electron chi connectivity index (χ2n) is 14.0. The zero-order valence-electron chi connectivity index (χ0n) is 36.0. The van der Waals surface area contributed by atoms with Gasteiger partial charge in [0.25, 0.3) is 0 Å². The van der Waals surface area contributed by atoms with E-state index < -0.39 is 17.2 Å². The molecule has 1 saturated carbocycles. The van der Waals surface area contributed by atoms with Crippen molar-refractivity contribution in [1.82, 2.24) is 0 Å². The Balaban J connectivity index is 0.000000178. The summed E-state index contributed by atoms with van der Waals surface area (Å²) in [4.78, 5) is 2.31. The number of hydrogen-bond acceptors (Lipinski definition) is 7. The van der Waals surface area contributed by atoms with E-state index in [1.54, 1.807) is 0 Å². The van der Waals surface area contributed by atoms with Gasteiger partial charge in [-0.3, -0.25) is 0 Å². The predicted octanol–water partition coefficient (Wildman–Crippen LogP) is 15.0. The van der Waals surface area contributed by atoms with Gasteiger partial charge in [0.15, 0.2) is 0 Å². The Morgan fingerprint density at radius 1 is 0.317 bits per heavy atom. The van der Waals surface area contributed by atoms with Gasteiger partial charge in [0.05, 0.1) is 0 Å². The van der Waals surface area contributed by atoms with Crippen LogP contribution in [0.15, 0.2) is 212 Å². The molecule has 8 rings (SSSR count). The summed E-state index contributed by atoms with van der Waals surface area (Å²) in [6.45, 7) is 9.91. The summed E-state index contributed by atoms with van der Waals surface area (Å²) in [6, 6.07) is 67.6. The Morgan fingerprint density at radius 2 is 0.524 bits per heavy atom. The summed E-state index contributed by atoms with van der Waals surface area (Å²) in [7, 11) is -1.02. The van der Waals surface area contributed by atoms with Crippen LogP contribution < -0.4 is 32.0 Å². The Hall–Kier alpha value is -5.35. The van der Waals surface area contributed by atoms with Gasteiger partial charge in [-0.15, -0.1) is 0 Å². The van der Waals surface area contributed by atoms with Gasteiger partial charge < -0.3 is 32.0 Å². The molecule has 1 aliphatic rings. The first-order chi connectivity index (χ1) is 30.3. The first-order valence-electron chi connectivity index (χ1n) is 20.3. The van der Waals surface area contributed by atoms with Crippen molar-refractivity contribution in [3.8, 4) is 34.5 Å². The first-order valence-corrected chi connectivity index (χ1v) is 22.5. The van der Waals surface area contributed by atoms with Crippen LogP contribution >= 0.6 is 17.2 Å². The molecule has 0 N–H and O–H groups in total. The van der Waals surface area contributed by atoms with E-state index in [2.05, 4.69) is 70.0 Å². The smallest absolute Gasteiger partial charge is 0.409 e. The molecule has 0 aromatic heterocycles. The summed E-state index contributed by atoms with van der Waals surface area (Å²) >= 11 is 0. The second kappa shape index (κ2) is 26.3. The number of nitrogens with zero attached hydrogens (tertiary/aromatic N) is 1. The topological polar surface area (TPSA) is 58.6 Å². The van der Waals surface area contributed by atoms with E-state index in [4.69, 9.17) is 27.1 Å². The van der Waals surface area contributed by atoms with Gasteiger partial charge in [-0.25, -0.2) is 0 Å². The first kappa shape index (κ1) is 48.7. The van der Waals surface area contributed by atoms with Gasteiger partial charge in [0.1, 0.15) is 34.5 Å². The summed E-state index contributed by atoms with van der Waals surface area (Å²) in [6.07, 6.45) is 0. The maximum atomic E-state index is 5.84. The molecule has 10 heteroatoms. The summed E-state index contributed by atoms with van der Waals surface area (Å²) in [5.41, 5.74) is 1.27. The predicted molar refractivity (Wildman–Crippen MR) is 255 cm³/mol. The zero-order chi connectivity index (χ0) is 43.4. The number of para-hydroxylation sites is 7. The average molecular weight is 1050 g/mol. The van der Waals surface area contributed by atoms with Gasteiger partial charge in [0, 0.05) is 45.3 Å². The molecule has 6 radical (unpaired) electrons. The maximum Gasteiger partial charge on any atom is 0.530 e. The number of anilines is 1. The molecular formula is C53H52IrNO6P2. The third-order valence-corrected chi connectivity index (χ3v) is 11.9. The van der Waals surface area contributed by atoms with Crippen molar-refractivity contribution in [1.29, 1.82) is 0 Å². The molecule has 0 aliphatic heterocycles. The Morgan fingerprint density at radius 3 is 0.746 bits per heavy atom. The summed E-state index contributed by atoms with van der Waals surface area (Å²) in [5, 5.41) is 0. The molecule has 0 amide bonds. The van der Waals surface area contributed by atoms with Crippen LogP contribution in [0.25, 0.3) is 0 Å². The van der Waals surface area contributed by atoms with Crippen molar-refractivity contribution >= 4 is 22.9 Å². The van der Waals surface area contributed by atoms with Gasteiger partial charge in [-0.2, -0.15) is 0 Å². The molecule has 0 atom stereocenters. The fourth-order valence-corrected chi connectivity index (χ4v) is 8.05. The van der Waals surface area contributed by atoms with Gasteiger partial charge in [-0.1, -0.05) is 155 Å². The normalized spacial score (nSPS) is 13.1. The Kier molecular flexibility index (Phi) is 20.3. The van der Waals surface area contributed by atoms with Crippen LogP contribution in [0, 0.1) is 29.6 Å². The minimum atomic E-state index is -1.59. The van der Waals surface area contributed by atoms with E-state index in [1.807, 2.05) is 182 Å². The average Bonchev–Trinajstić information content (AvgIpc) is 3.49. The molecule has 7 aromatic carbocycles. The monoisotopic (exact) mass is 1050 g/mol. The van der Waals surface area contributed by atoms with E-state index in [1.165, 1.54) is 35.3 Å². The van der Waals surface area contributed by atoms with Crippen molar-refractivity contribution in [3.63, 3.8) is 0 Å². The van der Waals surface area contributed by atoms with E-state index in [-0.39, 0.29) is 20.1 Å². The van der Waals surface area contributed by atoms with Crippen LogP contribution in [0.3, 0.4) is 0 Å². The van der Waals surface area contributed by atoms with Crippen molar-refractivity contribution in [3.05, 3.63) is 242 Å². The van der Waals surface area contributed by atoms with Gasteiger partial charge in [-0.05, 0) is 109 Å². The second-order valence-corrected chi connectivity index (χ2v) is 16.0. The Labute approximate surface area is 390 Å². The maximum absolute atomic E-state index is 5.84. The molecule has 1 fully saturated rings. The van der Waals surface area contributed by atoms with Gasteiger partial charge in [0.2, 0.25) is 0 Å². The minimum absolute atomic E-state index is 0. The fraction of sp³-hybridized carbons (Fsp3) is 0.113. The van der Waals surface area contributed by atoms with Crippen LogP contribution in [0.2, 0.25) is 0 Å². The van der Waals surface area contributed by atoms with Crippen molar-refractivity contribution < 1.29 is 47.2 Å². The molecule has 0 bridgehead atoms. The standard InChI is InChI=1S/2C18H15O3P.C17H22N.Ir/c2*1-4-10-16(11-5-1)19-22(20-17-12-6-2-7-13-17)21-18-14-8-3-9-15-18;1-12-13(2)15(4)17(14(12)3)11-18(5)16-9-7-6-8-10-16;/h2*1-15H;6-10H,11H2,1-5H3;. The van der Waals surface area contributed by atoms with E-state index in [0.29, 0.717) is 34.5 Å². The number of hydrogen-bond donors (Lipinski definition) is 0. The van der Waals surface area contributed by atoms with E-state index >= 15 is 0 Å². The quantitative estimate of drug-likeness (QED) is 0.0948. The summed E-state index contributed by atoms with van der Waals surface area (Å²) < 4.78 is 35.1. The Bertz CT molecular complexity index is 1900. The molecule has 7 nitrogen and oxygen atoms in total. The number of benzene rings is 7. The van der Waals surface area contributed by atoms with Gasteiger partial charge >= 0.3 is 17.2 Å². The minimum Gasteiger partial charge on any atom is -0.409 e. The molecule has 63 heavy (non-hydrogen) atoms. The molecule has 0 spiro atoms. The van der Waals surface area contributed by atoms with Crippen molar-refractivity contribution in [2.24, 2.45) is 0 Å². The molecule has 0 saturated heterocycles. The third kappa shape index (κ3) is 16.1. The largest absolute Gasteiger partial charge is 0.530 e. The van der Waals surface area contributed by atoms with Crippen LogP contribution in [0.1, 0.15) is 27.7 Å². The van der Waals surface area contributed by atoms with Crippen LogP contribution in [-0.4, -0.2) is 13.6 Å².